The standard InChI is InChI=1S/C25H23N3O4S2/c1-13(2)12-32-24(31)18-14(3)26-25-28(20(18)17-10-7-11-33-17)23(30)21(34-25)19-15-8-5-6-9-16(15)27(4)22(19)29/h5-11,13,20H,12H2,1-4H3/b21-19-/t20-/m1/s1. The zero-order chi connectivity index (χ0) is 24.1. The summed E-state index contributed by atoms with van der Waals surface area (Å²) < 4.78 is 7.41. The molecule has 0 N–H and O–H groups in total. The van der Waals surface area contributed by atoms with Crippen LogP contribution in [-0.2, 0) is 14.3 Å². The number of amides is 1. The van der Waals surface area contributed by atoms with Crippen LogP contribution in [0.1, 0.15) is 37.3 Å². The molecule has 0 fully saturated rings. The first-order valence-corrected chi connectivity index (χ1v) is 12.6. The van der Waals surface area contributed by atoms with Gasteiger partial charge in [0.2, 0.25) is 0 Å². The van der Waals surface area contributed by atoms with Gasteiger partial charge in [0.05, 0.1) is 29.1 Å². The number of likely N-dealkylation sites (N-methyl/N-ethyl adjacent to an activating group) is 1. The topological polar surface area (TPSA) is 81.0 Å². The lowest BCUT2D eigenvalue weighted by Gasteiger charge is -2.23. The van der Waals surface area contributed by atoms with E-state index < -0.39 is 12.0 Å². The van der Waals surface area contributed by atoms with Crippen LogP contribution in [0.25, 0.3) is 5.57 Å². The van der Waals surface area contributed by atoms with Crippen LogP contribution >= 0.6 is 22.7 Å². The number of hydrogen-bond donors (Lipinski definition) is 0. The molecule has 5 rings (SSSR count). The average Bonchev–Trinajstić information content (AvgIpc) is 3.50. The lowest BCUT2D eigenvalue weighted by Crippen LogP contribution is -2.40. The molecule has 0 saturated heterocycles. The first kappa shape index (κ1) is 22.5. The van der Waals surface area contributed by atoms with Crippen molar-refractivity contribution in [3.8, 4) is 0 Å². The molecule has 0 aliphatic carbocycles. The number of carbonyl (C=O) groups is 2. The van der Waals surface area contributed by atoms with Gasteiger partial charge in [0.25, 0.3) is 11.5 Å². The minimum Gasteiger partial charge on any atom is -0.462 e. The second kappa shape index (κ2) is 8.48. The maximum atomic E-state index is 13.9. The Balaban J connectivity index is 1.76. The highest BCUT2D eigenvalue weighted by Crippen LogP contribution is 2.35. The first-order valence-electron chi connectivity index (χ1n) is 10.9. The van der Waals surface area contributed by atoms with E-state index in [2.05, 4.69) is 4.99 Å². The number of ether oxygens (including phenoxy) is 1. The molecule has 2 aliphatic rings. The molecule has 2 aliphatic heterocycles. The summed E-state index contributed by atoms with van der Waals surface area (Å²) in [6, 6.07) is 10.5. The van der Waals surface area contributed by atoms with Crippen molar-refractivity contribution in [1.82, 2.24) is 4.57 Å². The summed E-state index contributed by atoms with van der Waals surface area (Å²) in [5.74, 6) is -0.529. The molecule has 7 nitrogen and oxygen atoms in total. The molecular weight excluding hydrogens is 470 g/mol. The van der Waals surface area contributed by atoms with Crippen LogP contribution in [-0.4, -0.2) is 30.1 Å². The largest absolute Gasteiger partial charge is 0.462 e. The fourth-order valence-electron chi connectivity index (χ4n) is 4.26. The van der Waals surface area contributed by atoms with Crippen LogP contribution < -0.4 is 19.8 Å². The van der Waals surface area contributed by atoms with E-state index in [1.54, 1.807) is 18.9 Å². The minimum atomic E-state index is -0.658. The zero-order valence-corrected chi connectivity index (χ0v) is 20.8. The van der Waals surface area contributed by atoms with E-state index in [-0.39, 0.29) is 24.0 Å². The van der Waals surface area contributed by atoms with E-state index in [0.29, 0.717) is 26.2 Å². The molecule has 0 unspecified atom stereocenters. The van der Waals surface area contributed by atoms with Crippen LogP contribution in [0.3, 0.4) is 0 Å². The lowest BCUT2D eigenvalue weighted by atomic mass is 10.0. The Hall–Kier alpha value is -3.30. The Bertz CT molecular complexity index is 1530. The number of rotatable bonds is 4. The van der Waals surface area contributed by atoms with Crippen molar-refractivity contribution in [3.63, 3.8) is 0 Å². The van der Waals surface area contributed by atoms with Crippen molar-refractivity contribution in [1.29, 1.82) is 0 Å². The summed E-state index contributed by atoms with van der Waals surface area (Å²) in [5, 5.41) is 1.91. The molecule has 1 amide bonds. The Labute approximate surface area is 203 Å². The smallest absolute Gasteiger partial charge is 0.338 e. The van der Waals surface area contributed by atoms with E-state index in [1.165, 1.54) is 27.2 Å². The maximum Gasteiger partial charge on any atom is 0.338 e. The second-order valence-electron chi connectivity index (χ2n) is 8.67. The highest BCUT2D eigenvalue weighted by molar-refractivity contribution is 7.10. The number of allylic oxidation sites excluding steroid dienone is 1. The van der Waals surface area contributed by atoms with Gasteiger partial charge in [0.1, 0.15) is 10.6 Å². The Morgan fingerprint density at radius 3 is 2.65 bits per heavy atom. The van der Waals surface area contributed by atoms with Gasteiger partial charge < -0.3 is 9.64 Å². The number of para-hydroxylation sites is 1. The molecule has 0 radical (unpaired) electrons. The van der Waals surface area contributed by atoms with Gasteiger partial charge in [-0.05, 0) is 30.4 Å². The third kappa shape index (κ3) is 3.47. The summed E-state index contributed by atoms with van der Waals surface area (Å²) >= 11 is 2.64. The SMILES string of the molecule is CC1=C(C(=O)OCC(C)C)[C@@H](c2cccs2)n2c(s/c(=C3\C(=O)N(C)c4ccccc43)c2=O)=N1. The zero-order valence-electron chi connectivity index (χ0n) is 19.2. The number of aromatic nitrogens is 1. The monoisotopic (exact) mass is 493 g/mol. The fourth-order valence-corrected chi connectivity index (χ4v) is 6.22. The van der Waals surface area contributed by atoms with E-state index >= 15 is 0 Å². The number of hydrogen-bond acceptors (Lipinski definition) is 7. The Kier molecular flexibility index (Phi) is 5.61. The van der Waals surface area contributed by atoms with Crippen molar-refractivity contribution in [2.75, 3.05) is 18.6 Å². The Morgan fingerprint density at radius 1 is 1.18 bits per heavy atom. The fraction of sp³-hybridized carbons (Fsp3) is 0.280. The highest BCUT2D eigenvalue weighted by atomic mass is 32.1. The lowest BCUT2D eigenvalue weighted by molar-refractivity contribution is -0.140. The van der Waals surface area contributed by atoms with E-state index in [4.69, 9.17) is 4.74 Å². The number of benzene rings is 1. The molecule has 2 aromatic heterocycles. The van der Waals surface area contributed by atoms with Gasteiger partial charge in [0.15, 0.2) is 4.80 Å². The number of carbonyl (C=O) groups excluding carboxylic acids is 2. The summed E-state index contributed by atoms with van der Waals surface area (Å²) in [6.45, 7) is 5.97. The molecule has 0 bridgehead atoms. The molecule has 34 heavy (non-hydrogen) atoms. The van der Waals surface area contributed by atoms with Crippen LogP contribution in [0.5, 0.6) is 0 Å². The summed E-state index contributed by atoms with van der Waals surface area (Å²) in [7, 11) is 1.70. The van der Waals surface area contributed by atoms with Gasteiger partial charge in [-0.1, -0.05) is 49.4 Å². The van der Waals surface area contributed by atoms with Crippen LogP contribution in [0.15, 0.2) is 62.8 Å². The molecular formula is C25H23N3O4S2. The van der Waals surface area contributed by atoms with Crippen molar-refractivity contribution in [2.45, 2.75) is 26.8 Å². The molecule has 1 atom stereocenters. The number of anilines is 1. The van der Waals surface area contributed by atoms with Gasteiger partial charge in [0, 0.05) is 17.5 Å². The van der Waals surface area contributed by atoms with Gasteiger partial charge in [-0.2, -0.15) is 0 Å². The van der Waals surface area contributed by atoms with Gasteiger partial charge >= 0.3 is 5.97 Å². The molecule has 3 aromatic rings. The molecule has 4 heterocycles. The van der Waals surface area contributed by atoms with Crippen LogP contribution in [0.4, 0.5) is 5.69 Å². The molecule has 1 aromatic carbocycles. The highest BCUT2D eigenvalue weighted by Gasteiger charge is 2.36. The van der Waals surface area contributed by atoms with E-state index in [0.717, 1.165) is 16.1 Å². The van der Waals surface area contributed by atoms with Crippen molar-refractivity contribution in [2.24, 2.45) is 10.9 Å². The quantitative estimate of drug-likeness (QED) is 0.524. The third-order valence-corrected chi connectivity index (χ3v) is 7.84. The minimum absolute atomic E-state index is 0.179. The molecule has 0 spiro atoms. The van der Waals surface area contributed by atoms with E-state index in [9.17, 15) is 14.4 Å². The predicted molar refractivity (Wildman–Crippen MR) is 133 cm³/mol. The molecule has 9 heteroatoms. The summed E-state index contributed by atoms with van der Waals surface area (Å²) in [4.78, 5) is 47.6. The molecule has 174 valence electrons. The number of esters is 1. The first-order chi connectivity index (χ1) is 16.3. The normalized spacial score (nSPS) is 18.8. The number of thiazole rings is 1. The van der Waals surface area contributed by atoms with E-state index in [1.807, 2.05) is 55.6 Å². The van der Waals surface area contributed by atoms with Crippen molar-refractivity contribution in [3.05, 3.63) is 83.2 Å². The Morgan fingerprint density at radius 2 is 1.94 bits per heavy atom. The van der Waals surface area contributed by atoms with Crippen molar-refractivity contribution >= 4 is 45.8 Å². The summed E-state index contributed by atoms with van der Waals surface area (Å²) in [6.07, 6.45) is 0. The van der Waals surface area contributed by atoms with Crippen LogP contribution in [0.2, 0.25) is 0 Å². The van der Waals surface area contributed by atoms with Crippen molar-refractivity contribution < 1.29 is 14.3 Å². The third-order valence-electron chi connectivity index (χ3n) is 5.86. The second-order valence-corrected chi connectivity index (χ2v) is 10.6. The van der Waals surface area contributed by atoms with Gasteiger partial charge in [-0.15, -0.1) is 11.3 Å². The number of thiophene rings is 1. The average molecular weight is 494 g/mol. The predicted octanol–water partition coefficient (Wildman–Crippen LogP) is 2.84. The maximum absolute atomic E-state index is 13.9. The van der Waals surface area contributed by atoms with Gasteiger partial charge in [-0.3, -0.25) is 14.2 Å². The van der Waals surface area contributed by atoms with Crippen LogP contribution in [0, 0.1) is 5.92 Å². The molecule has 0 saturated carbocycles. The number of nitrogens with zero attached hydrogens (tertiary/aromatic N) is 3. The summed E-state index contributed by atoms with van der Waals surface area (Å²) in [5.41, 5.74) is 2.38. The van der Waals surface area contributed by atoms with Gasteiger partial charge in [-0.25, -0.2) is 9.79 Å². The number of fused-ring (bicyclic) bond motifs is 2.